The van der Waals surface area contributed by atoms with E-state index in [2.05, 4.69) is 25.3 Å². The Labute approximate surface area is 102 Å². The van der Waals surface area contributed by atoms with Gasteiger partial charge in [-0.3, -0.25) is 11.3 Å². The topological polar surface area (TPSA) is 47.3 Å². The number of ether oxygens (including phenoxy) is 1. The number of rotatable bonds is 7. The van der Waals surface area contributed by atoms with Crippen LogP contribution in [0.1, 0.15) is 44.0 Å². The van der Waals surface area contributed by atoms with Crippen LogP contribution >= 0.6 is 11.3 Å². The number of nitrogens with one attached hydrogen (secondary N) is 1. The molecule has 0 amide bonds. The molecule has 16 heavy (non-hydrogen) atoms. The molecule has 1 rings (SSSR count). The molecule has 0 aromatic carbocycles. The maximum Gasteiger partial charge on any atom is 0.129 e. The summed E-state index contributed by atoms with van der Waals surface area (Å²) in [6.07, 6.45) is 3.50. The molecule has 0 aliphatic carbocycles. The molecule has 0 aliphatic heterocycles. The zero-order valence-electron chi connectivity index (χ0n) is 10.3. The van der Waals surface area contributed by atoms with E-state index in [0.29, 0.717) is 0 Å². The first-order chi connectivity index (χ1) is 7.74. The minimum absolute atomic E-state index is 0.249. The molecule has 1 unspecified atom stereocenters. The van der Waals surface area contributed by atoms with Crippen LogP contribution in [0.4, 0.5) is 0 Å². The maximum absolute atomic E-state index is 5.63. The number of methoxy groups -OCH3 is 1. The Morgan fingerprint density at radius 3 is 2.56 bits per heavy atom. The molecular formula is C12H22N2OS. The average Bonchev–Trinajstić information content (AvgIpc) is 2.79. The van der Waals surface area contributed by atoms with Crippen LogP contribution in [0.3, 0.4) is 0 Å². The van der Waals surface area contributed by atoms with E-state index >= 15 is 0 Å². The van der Waals surface area contributed by atoms with E-state index in [1.165, 1.54) is 17.7 Å². The SMILES string of the molecule is CCC(CC)CC(NN)c1cc(OC)cs1. The number of thiophene rings is 1. The number of hydrogen-bond acceptors (Lipinski definition) is 4. The molecule has 0 bridgehead atoms. The fourth-order valence-electron chi connectivity index (χ4n) is 1.85. The largest absolute Gasteiger partial charge is 0.496 e. The second-order valence-electron chi connectivity index (χ2n) is 4.03. The summed E-state index contributed by atoms with van der Waals surface area (Å²) < 4.78 is 5.19. The Kier molecular flexibility index (Phi) is 5.80. The summed E-state index contributed by atoms with van der Waals surface area (Å²) in [4.78, 5) is 1.26. The highest BCUT2D eigenvalue weighted by molar-refractivity contribution is 7.10. The molecular weight excluding hydrogens is 220 g/mol. The van der Waals surface area contributed by atoms with Gasteiger partial charge in [-0.25, -0.2) is 0 Å². The van der Waals surface area contributed by atoms with Crippen molar-refractivity contribution in [3.05, 3.63) is 16.3 Å². The third-order valence-corrected chi connectivity index (χ3v) is 4.12. The Morgan fingerprint density at radius 1 is 1.44 bits per heavy atom. The first-order valence-electron chi connectivity index (χ1n) is 5.83. The van der Waals surface area contributed by atoms with Crippen LogP contribution < -0.4 is 16.0 Å². The van der Waals surface area contributed by atoms with E-state index in [-0.39, 0.29) is 6.04 Å². The van der Waals surface area contributed by atoms with Crippen molar-refractivity contribution < 1.29 is 4.74 Å². The van der Waals surface area contributed by atoms with Gasteiger partial charge in [0.15, 0.2) is 0 Å². The third kappa shape index (κ3) is 3.47. The molecule has 0 saturated heterocycles. The van der Waals surface area contributed by atoms with Crippen LogP contribution in [0.25, 0.3) is 0 Å². The molecule has 3 N–H and O–H groups in total. The number of hydrogen-bond donors (Lipinski definition) is 2. The smallest absolute Gasteiger partial charge is 0.129 e. The van der Waals surface area contributed by atoms with E-state index < -0.39 is 0 Å². The van der Waals surface area contributed by atoms with E-state index in [4.69, 9.17) is 10.6 Å². The summed E-state index contributed by atoms with van der Waals surface area (Å²) in [6, 6.07) is 2.32. The molecule has 92 valence electrons. The summed E-state index contributed by atoms with van der Waals surface area (Å²) >= 11 is 1.70. The van der Waals surface area contributed by atoms with Crippen LogP contribution in [0.2, 0.25) is 0 Å². The molecule has 3 nitrogen and oxygen atoms in total. The highest BCUT2D eigenvalue weighted by Crippen LogP contribution is 2.31. The molecule has 0 aliphatic rings. The fourth-order valence-corrected chi connectivity index (χ4v) is 2.78. The van der Waals surface area contributed by atoms with Gasteiger partial charge in [0.1, 0.15) is 5.75 Å². The first kappa shape index (κ1) is 13.5. The van der Waals surface area contributed by atoms with Gasteiger partial charge in [-0.1, -0.05) is 26.7 Å². The van der Waals surface area contributed by atoms with Crippen molar-refractivity contribution >= 4 is 11.3 Å². The predicted octanol–water partition coefficient (Wildman–Crippen LogP) is 3.09. The summed E-state index contributed by atoms with van der Waals surface area (Å²) in [5.74, 6) is 7.28. The number of hydrazine groups is 1. The van der Waals surface area contributed by atoms with Gasteiger partial charge in [0.2, 0.25) is 0 Å². The van der Waals surface area contributed by atoms with Gasteiger partial charge in [-0.05, 0) is 18.4 Å². The lowest BCUT2D eigenvalue weighted by Crippen LogP contribution is -2.29. The Hall–Kier alpha value is -0.580. The average molecular weight is 242 g/mol. The quantitative estimate of drug-likeness (QED) is 0.570. The predicted molar refractivity (Wildman–Crippen MR) is 69.6 cm³/mol. The standard InChI is InChI=1S/C12H22N2OS/c1-4-9(5-2)6-11(14-13)12-7-10(15-3)8-16-12/h7-9,11,14H,4-6,13H2,1-3H3. The molecule has 1 atom stereocenters. The van der Waals surface area contributed by atoms with Crippen LogP contribution in [0, 0.1) is 5.92 Å². The van der Waals surface area contributed by atoms with Gasteiger partial charge in [-0.15, -0.1) is 11.3 Å². The molecule has 1 heterocycles. The van der Waals surface area contributed by atoms with Crippen LogP contribution in [0.5, 0.6) is 5.75 Å². The Bertz CT molecular complexity index is 297. The van der Waals surface area contributed by atoms with Gasteiger partial charge in [-0.2, -0.15) is 0 Å². The zero-order valence-corrected chi connectivity index (χ0v) is 11.1. The highest BCUT2D eigenvalue weighted by atomic mass is 32.1. The molecule has 0 saturated carbocycles. The zero-order chi connectivity index (χ0) is 12.0. The van der Waals surface area contributed by atoms with Crippen molar-refractivity contribution in [3.63, 3.8) is 0 Å². The van der Waals surface area contributed by atoms with E-state index in [1.54, 1.807) is 18.4 Å². The summed E-state index contributed by atoms with van der Waals surface area (Å²) in [5.41, 5.74) is 2.91. The van der Waals surface area contributed by atoms with Gasteiger partial charge in [0, 0.05) is 10.3 Å². The molecule has 1 aromatic heterocycles. The fraction of sp³-hybridized carbons (Fsp3) is 0.667. The van der Waals surface area contributed by atoms with Crippen molar-refractivity contribution in [2.24, 2.45) is 11.8 Å². The van der Waals surface area contributed by atoms with Gasteiger partial charge >= 0.3 is 0 Å². The van der Waals surface area contributed by atoms with Crippen molar-refractivity contribution in [1.29, 1.82) is 0 Å². The lowest BCUT2D eigenvalue weighted by molar-refractivity contribution is 0.376. The van der Waals surface area contributed by atoms with Crippen molar-refractivity contribution in [3.8, 4) is 5.75 Å². The number of nitrogens with two attached hydrogens (primary N) is 1. The molecule has 0 radical (unpaired) electrons. The van der Waals surface area contributed by atoms with Gasteiger partial charge in [0.05, 0.1) is 13.2 Å². The van der Waals surface area contributed by atoms with Crippen molar-refractivity contribution in [2.45, 2.75) is 39.2 Å². The van der Waals surface area contributed by atoms with E-state index in [0.717, 1.165) is 18.1 Å². The Morgan fingerprint density at radius 2 is 2.12 bits per heavy atom. The lowest BCUT2D eigenvalue weighted by Gasteiger charge is -2.20. The normalized spacial score (nSPS) is 13.1. The van der Waals surface area contributed by atoms with Crippen LogP contribution in [-0.4, -0.2) is 7.11 Å². The molecule has 0 fully saturated rings. The van der Waals surface area contributed by atoms with Crippen LogP contribution in [0.15, 0.2) is 11.4 Å². The second kappa shape index (κ2) is 6.89. The summed E-state index contributed by atoms with van der Waals surface area (Å²) in [6.45, 7) is 4.47. The van der Waals surface area contributed by atoms with Crippen molar-refractivity contribution in [2.75, 3.05) is 7.11 Å². The minimum Gasteiger partial charge on any atom is -0.496 e. The van der Waals surface area contributed by atoms with Crippen LogP contribution in [-0.2, 0) is 0 Å². The van der Waals surface area contributed by atoms with Crippen molar-refractivity contribution in [1.82, 2.24) is 5.43 Å². The summed E-state index contributed by atoms with van der Waals surface area (Å²) in [5, 5.41) is 2.02. The Balaban J connectivity index is 2.66. The van der Waals surface area contributed by atoms with Gasteiger partial charge < -0.3 is 4.74 Å². The monoisotopic (exact) mass is 242 g/mol. The van der Waals surface area contributed by atoms with E-state index in [1.807, 2.05) is 5.38 Å². The summed E-state index contributed by atoms with van der Waals surface area (Å²) in [7, 11) is 1.69. The first-order valence-corrected chi connectivity index (χ1v) is 6.71. The highest BCUT2D eigenvalue weighted by Gasteiger charge is 2.16. The van der Waals surface area contributed by atoms with Gasteiger partial charge in [0.25, 0.3) is 0 Å². The third-order valence-electron chi connectivity index (χ3n) is 3.10. The molecule has 1 aromatic rings. The maximum atomic E-state index is 5.63. The lowest BCUT2D eigenvalue weighted by atomic mass is 9.94. The minimum atomic E-state index is 0.249. The molecule has 4 heteroatoms. The second-order valence-corrected chi connectivity index (χ2v) is 4.97. The van der Waals surface area contributed by atoms with E-state index in [9.17, 15) is 0 Å². The molecule has 0 spiro atoms.